The Morgan fingerprint density at radius 1 is 1.39 bits per heavy atom. The van der Waals surface area contributed by atoms with Crippen LogP contribution in [0.1, 0.15) is 31.2 Å². The average molecular weight is 244 g/mol. The van der Waals surface area contributed by atoms with E-state index in [0.717, 1.165) is 17.4 Å². The van der Waals surface area contributed by atoms with Crippen LogP contribution in [0, 0.1) is 17.2 Å². The van der Waals surface area contributed by atoms with Crippen molar-refractivity contribution in [3.05, 3.63) is 23.8 Å². The van der Waals surface area contributed by atoms with E-state index in [1.54, 1.807) is 6.07 Å². The van der Waals surface area contributed by atoms with Crippen LogP contribution in [-0.2, 0) is 0 Å². The number of nitriles is 1. The predicted octanol–water partition coefficient (Wildman–Crippen LogP) is 3.40. The summed E-state index contributed by atoms with van der Waals surface area (Å²) in [6.45, 7) is 1.27. The second kappa shape index (κ2) is 5.88. The van der Waals surface area contributed by atoms with E-state index in [1.807, 2.05) is 18.2 Å². The van der Waals surface area contributed by atoms with Crippen molar-refractivity contribution in [2.24, 2.45) is 5.92 Å². The fourth-order valence-corrected chi connectivity index (χ4v) is 1.88. The van der Waals surface area contributed by atoms with Gasteiger partial charge < -0.3 is 9.64 Å². The van der Waals surface area contributed by atoms with E-state index >= 15 is 0 Å². The van der Waals surface area contributed by atoms with Crippen LogP contribution in [0.3, 0.4) is 0 Å². The van der Waals surface area contributed by atoms with Crippen LogP contribution in [0.5, 0.6) is 11.5 Å². The molecular weight excluding hydrogens is 224 g/mol. The SMILES string of the molecule is CN(C)CCCC1CC1.N#Cc1cccc2c1O2. The molecule has 1 aromatic rings. The van der Waals surface area contributed by atoms with Crippen LogP contribution < -0.4 is 4.74 Å². The third kappa shape index (κ3) is 4.05. The van der Waals surface area contributed by atoms with Gasteiger partial charge in [0.25, 0.3) is 0 Å². The maximum absolute atomic E-state index is 8.42. The highest BCUT2D eigenvalue weighted by Gasteiger charge is 2.23. The minimum Gasteiger partial charge on any atom is -0.448 e. The molecule has 0 radical (unpaired) electrons. The van der Waals surface area contributed by atoms with Gasteiger partial charge in [0, 0.05) is 0 Å². The lowest BCUT2D eigenvalue weighted by Gasteiger charge is -2.07. The summed E-state index contributed by atoms with van der Waals surface area (Å²) in [5.41, 5.74) is 0.632. The highest BCUT2D eigenvalue weighted by atomic mass is 16.6. The van der Waals surface area contributed by atoms with Gasteiger partial charge in [0.05, 0.1) is 5.56 Å². The molecule has 3 rings (SSSR count). The molecule has 3 heteroatoms. The van der Waals surface area contributed by atoms with Gasteiger partial charge in [-0.25, -0.2) is 0 Å². The van der Waals surface area contributed by atoms with Crippen molar-refractivity contribution in [2.75, 3.05) is 20.6 Å². The Hall–Kier alpha value is -1.53. The van der Waals surface area contributed by atoms with Gasteiger partial charge in [-0.05, 0) is 51.5 Å². The van der Waals surface area contributed by atoms with Gasteiger partial charge in [-0.15, -0.1) is 0 Å². The first kappa shape index (κ1) is 12.9. The molecule has 3 nitrogen and oxygen atoms in total. The molecule has 0 unspecified atom stereocenters. The van der Waals surface area contributed by atoms with Crippen molar-refractivity contribution in [3.8, 4) is 17.6 Å². The Morgan fingerprint density at radius 3 is 2.72 bits per heavy atom. The molecule has 1 heterocycles. The smallest absolute Gasteiger partial charge is 0.187 e. The highest BCUT2D eigenvalue weighted by molar-refractivity contribution is 5.63. The third-order valence-corrected chi connectivity index (χ3v) is 3.18. The Kier molecular flexibility index (Phi) is 4.22. The van der Waals surface area contributed by atoms with Gasteiger partial charge in [0.2, 0.25) is 0 Å². The van der Waals surface area contributed by atoms with E-state index in [-0.39, 0.29) is 0 Å². The molecule has 1 fully saturated rings. The third-order valence-electron chi connectivity index (χ3n) is 3.18. The topological polar surface area (TPSA) is 39.6 Å². The monoisotopic (exact) mass is 244 g/mol. The van der Waals surface area contributed by atoms with E-state index in [2.05, 4.69) is 19.0 Å². The van der Waals surface area contributed by atoms with E-state index < -0.39 is 0 Å². The molecule has 1 aliphatic heterocycles. The van der Waals surface area contributed by atoms with Gasteiger partial charge in [-0.2, -0.15) is 5.26 Å². The van der Waals surface area contributed by atoms with Crippen molar-refractivity contribution in [2.45, 2.75) is 25.7 Å². The molecule has 1 aromatic carbocycles. The van der Waals surface area contributed by atoms with Crippen LogP contribution in [0.25, 0.3) is 0 Å². The average Bonchev–Trinajstić information content (AvgIpc) is 3.22. The first-order valence-corrected chi connectivity index (χ1v) is 6.56. The second-order valence-electron chi connectivity index (χ2n) is 5.24. The molecule has 1 aliphatic carbocycles. The standard InChI is InChI=1S/C8H17N.C7H3NO/c1-9(2)7-3-4-8-5-6-8;8-4-5-2-1-3-6-7(5)9-6/h8H,3-7H2,1-2H3;1-3H. The summed E-state index contributed by atoms with van der Waals surface area (Å²) in [5, 5.41) is 8.42. The summed E-state index contributed by atoms with van der Waals surface area (Å²) in [7, 11) is 4.29. The van der Waals surface area contributed by atoms with Crippen molar-refractivity contribution in [1.29, 1.82) is 5.26 Å². The fourth-order valence-electron chi connectivity index (χ4n) is 1.88. The molecule has 1 saturated carbocycles. The number of hydrogen-bond donors (Lipinski definition) is 0. The zero-order valence-corrected chi connectivity index (χ0v) is 11.1. The quantitative estimate of drug-likeness (QED) is 0.774. The Bertz CT molecular complexity index is 442. The molecule has 0 spiro atoms. The van der Waals surface area contributed by atoms with Gasteiger partial charge in [-0.3, -0.25) is 0 Å². The molecule has 0 bridgehead atoms. The van der Waals surface area contributed by atoms with Gasteiger partial charge in [-0.1, -0.05) is 18.9 Å². The molecule has 0 N–H and O–H groups in total. The normalized spacial score (nSPS) is 15.0. The van der Waals surface area contributed by atoms with Crippen LogP contribution in [0.4, 0.5) is 0 Å². The first-order valence-electron chi connectivity index (χ1n) is 6.56. The van der Waals surface area contributed by atoms with Gasteiger partial charge in [0.15, 0.2) is 11.5 Å². The summed E-state index contributed by atoms with van der Waals surface area (Å²) >= 11 is 0. The Morgan fingerprint density at radius 2 is 2.17 bits per heavy atom. The predicted molar refractivity (Wildman–Crippen MR) is 71.7 cm³/mol. The lowest BCUT2D eigenvalue weighted by Crippen LogP contribution is -2.12. The molecular formula is C15H20N2O. The summed E-state index contributed by atoms with van der Waals surface area (Å²) in [6.07, 6.45) is 5.89. The summed E-state index contributed by atoms with van der Waals surface area (Å²) in [4.78, 5) is 2.27. The van der Waals surface area contributed by atoms with Crippen molar-refractivity contribution >= 4 is 0 Å². The largest absolute Gasteiger partial charge is 0.448 e. The number of ether oxygens (including phenoxy) is 1. The fraction of sp³-hybridized carbons (Fsp3) is 0.533. The molecule has 2 aliphatic rings. The Labute approximate surface area is 109 Å². The number of para-hydroxylation sites is 1. The van der Waals surface area contributed by atoms with Crippen molar-refractivity contribution < 1.29 is 4.74 Å². The van der Waals surface area contributed by atoms with E-state index in [4.69, 9.17) is 10.00 Å². The van der Waals surface area contributed by atoms with E-state index in [9.17, 15) is 0 Å². The summed E-state index contributed by atoms with van der Waals surface area (Å²) < 4.78 is 4.94. The minimum absolute atomic E-state index is 0.632. The zero-order chi connectivity index (χ0) is 13.0. The summed E-state index contributed by atoms with van der Waals surface area (Å²) in [5.74, 6) is 2.71. The second-order valence-corrected chi connectivity index (χ2v) is 5.24. The lowest BCUT2D eigenvalue weighted by molar-refractivity contribution is 0.389. The number of benzene rings is 1. The van der Waals surface area contributed by atoms with Crippen LogP contribution >= 0.6 is 0 Å². The molecule has 0 aromatic heterocycles. The number of rotatable bonds is 4. The van der Waals surface area contributed by atoms with Crippen LogP contribution in [-0.4, -0.2) is 25.5 Å². The number of hydrogen-bond acceptors (Lipinski definition) is 3. The van der Waals surface area contributed by atoms with Crippen molar-refractivity contribution in [1.82, 2.24) is 4.90 Å². The van der Waals surface area contributed by atoms with E-state index in [1.165, 1.54) is 32.2 Å². The Balaban J connectivity index is 0.000000134. The molecule has 96 valence electrons. The van der Waals surface area contributed by atoms with E-state index in [0.29, 0.717) is 5.56 Å². The molecule has 18 heavy (non-hydrogen) atoms. The van der Waals surface area contributed by atoms with Crippen molar-refractivity contribution in [3.63, 3.8) is 0 Å². The van der Waals surface area contributed by atoms with Gasteiger partial charge in [0.1, 0.15) is 6.07 Å². The number of nitrogens with zero attached hydrogens (tertiary/aromatic N) is 2. The lowest BCUT2D eigenvalue weighted by atomic mass is 10.2. The molecule has 0 saturated heterocycles. The highest BCUT2D eigenvalue weighted by Crippen LogP contribution is 2.47. The van der Waals surface area contributed by atoms with Gasteiger partial charge >= 0.3 is 0 Å². The zero-order valence-electron chi connectivity index (χ0n) is 11.1. The minimum atomic E-state index is 0.632. The summed E-state index contributed by atoms with van der Waals surface area (Å²) in [6, 6.07) is 7.42. The first-order chi connectivity index (χ1) is 8.70. The number of fused-ring (bicyclic) bond motifs is 1. The molecule has 0 amide bonds. The van der Waals surface area contributed by atoms with Crippen LogP contribution in [0.15, 0.2) is 18.2 Å². The van der Waals surface area contributed by atoms with Crippen LogP contribution in [0.2, 0.25) is 0 Å². The maximum atomic E-state index is 8.42. The molecule has 0 atom stereocenters. The maximum Gasteiger partial charge on any atom is 0.187 e.